The van der Waals surface area contributed by atoms with Gasteiger partial charge in [0.2, 0.25) is 5.91 Å². The van der Waals surface area contributed by atoms with Crippen molar-refractivity contribution in [2.75, 3.05) is 23.3 Å². The van der Waals surface area contributed by atoms with Gasteiger partial charge in [-0.15, -0.1) is 0 Å². The molecule has 0 saturated carbocycles. The third-order valence-corrected chi connectivity index (χ3v) is 5.76. The number of pyridine rings is 1. The lowest BCUT2D eigenvalue weighted by molar-refractivity contribution is -0.125. The van der Waals surface area contributed by atoms with Crippen LogP contribution in [-0.2, 0) is 18.4 Å². The van der Waals surface area contributed by atoms with Crippen LogP contribution in [0.5, 0.6) is 0 Å². The summed E-state index contributed by atoms with van der Waals surface area (Å²) in [5.74, 6) is 0.896. The number of nitrogens with one attached hydrogen (secondary N) is 2. The molecule has 1 atom stereocenters. The van der Waals surface area contributed by atoms with E-state index in [1.54, 1.807) is 4.68 Å². The summed E-state index contributed by atoms with van der Waals surface area (Å²) < 4.78 is 1.78. The van der Waals surface area contributed by atoms with Gasteiger partial charge in [0.1, 0.15) is 5.82 Å². The molecule has 7 heteroatoms. The van der Waals surface area contributed by atoms with Gasteiger partial charge >= 0.3 is 0 Å². The second-order valence-electron chi connectivity index (χ2n) is 8.31. The van der Waals surface area contributed by atoms with Crippen molar-refractivity contribution in [1.82, 2.24) is 20.1 Å². The van der Waals surface area contributed by atoms with E-state index in [4.69, 9.17) is 0 Å². The van der Waals surface area contributed by atoms with E-state index in [0.717, 1.165) is 54.4 Å². The van der Waals surface area contributed by atoms with Crippen LogP contribution in [0.4, 0.5) is 17.2 Å². The fraction of sp³-hybridized carbons (Fsp3) is 0.375. The molecule has 31 heavy (non-hydrogen) atoms. The Bertz CT molecular complexity index is 1040. The minimum atomic E-state index is -0.00987. The van der Waals surface area contributed by atoms with Gasteiger partial charge in [0, 0.05) is 50.8 Å². The van der Waals surface area contributed by atoms with Gasteiger partial charge in [-0.2, -0.15) is 5.10 Å². The van der Waals surface area contributed by atoms with Crippen molar-refractivity contribution < 1.29 is 4.79 Å². The van der Waals surface area contributed by atoms with Gasteiger partial charge in [0.15, 0.2) is 0 Å². The van der Waals surface area contributed by atoms with Gasteiger partial charge in [-0.3, -0.25) is 9.48 Å². The Labute approximate surface area is 183 Å². The number of rotatable bonds is 6. The van der Waals surface area contributed by atoms with Gasteiger partial charge in [0.25, 0.3) is 0 Å². The van der Waals surface area contributed by atoms with Crippen LogP contribution in [0.1, 0.15) is 29.7 Å². The number of nitrogens with zero attached hydrogens (tertiary/aromatic N) is 4. The number of piperidine rings is 1. The molecule has 0 spiro atoms. The number of aromatic nitrogens is 3. The molecule has 3 aromatic rings. The maximum Gasteiger partial charge on any atom is 0.225 e. The summed E-state index contributed by atoms with van der Waals surface area (Å²) in [5.41, 5.74) is 5.30. The van der Waals surface area contributed by atoms with E-state index >= 15 is 0 Å². The van der Waals surface area contributed by atoms with Gasteiger partial charge < -0.3 is 15.5 Å². The number of carbonyl (C=O) groups is 1. The van der Waals surface area contributed by atoms with Crippen molar-refractivity contribution in [3.63, 3.8) is 0 Å². The highest BCUT2D eigenvalue weighted by Gasteiger charge is 2.26. The third-order valence-electron chi connectivity index (χ3n) is 5.76. The Morgan fingerprint density at radius 2 is 2.00 bits per heavy atom. The van der Waals surface area contributed by atoms with E-state index in [2.05, 4.69) is 56.8 Å². The van der Waals surface area contributed by atoms with Crippen LogP contribution >= 0.6 is 0 Å². The first-order valence-electron chi connectivity index (χ1n) is 10.8. The van der Waals surface area contributed by atoms with Crippen molar-refractivity contribution in [3.8, 4) is 0 Å². The molecule has 1 fully saturated rings. The van der Waals surface area contributed by atoms with Crippen LogP contribution in [0.15, 0.2) is 48.8 Å². The maximum atomic E-state index is 12.8. The topological polar surface area (TPSA) is 75.1 Å². The number of hydrogen-bond donors (Lipinski definition) is 2. The van der Waals surface area contributed by atoms with Crippen molar-refractivity contribution in [2.45, 2.75) is 33.2 Å². The maximum absolute atomic E-state index is 12.8. The number of amides is 1. The molecule has 3 heterocycles. The average molecular weight is 419 g/mol. The SMILES string of the molecule is Cc1ccc(CNC(=O)C2CCCN(c3ccnc(Nc4cn(C)nc4C)c3)C2)cc1. The molecular weight excluding hydrogens is 388 g/mol. The van der Waals surface area contributed by atoms with E-state index in [9.17, 15) is 4.79 Å². The largest absolute Gasteiger partial charge is 0.371 e. The number of aryl methyl sites for hydroxylation is 3. The minimum absolute atomic E-state index is 0.00987. The van der Waals surface area contributed by atoms with Gasteiger partial charge in [-0.05, 0) is 38.3 Å². The lowest BCUT2D eigenvalue weighted by Crippen LogP contribution is -2.43. The Hall–Kier alpha value is -3.35. The van der Waals surface area contributed by atoms with E-state index in [0.29, 0.717) is 6.54 Å². The second kappa shape index (κ2) is 9.20. The molecule has 162 valence electrons. The highest BCUT2D eigenvalue weighted by Crippen LogP contribution is 2.26. The number of benzene rings is 1. The third kappa shape index (κ3) is 5.23. The van der Waals surface area contributed by atoms with E-state index in [1.807, 2.05) is 38.5 Å². The highest BCUT2D eigenvalue weighted by molar-refractivity contribution is 5.79. The Balaban J connectivity index is 1.38. The fourth-order valence-corrected chi connectivity index (χ4v) is 4.01. The molecule has 0 aliphatic carbocycles. The number of carbonyl (C=O) groups excluding carboxylic acids is 1. The van der Waals surface area contributed by atoms with Gasteiger partial charge in [-0.25, -0.2) is 4.98 Å². The molecule has 7 nitrogen and oxygen atoms in total. The van der Waals surface area contributed by atoms with Crippen LogP contribution in [0.3, 0.4) is 0 Å². The summed E-state index contributed by atoms with van der Waals surface area (Å²) in [6.45, 7) is 6.27. The summed E-state index contributed by atoms with van der Waals surface area (Å²) >= 11 is 0. The molecular formula is C24H30N6O. The second-order valence-corrected chi connectivity index (χ2v) is 8.31. The predicted octanol–water partition coefficient (Wildman–Crippen LogP) is 3.71. The molecule has 1 aliphatic heterocycles. The van der Waals surface area contributed by atoms with E-state index in [1.165, 1.54) is 5.56 Å². The summed E-state index contributed by atoms with van der Waals surface area (Å²) in [5, 5.41) is 10.8. The number of anilines is 3. The zero-order valence-corrected chi connectivity index (χ0v) is 18.4. The molecule has 1 amide bonds. The van der Waals surface area contributed by atoms with Crippen molar-refractivity contribution in [2.24, 2.45) is 13.0 Å². The molecule has 0 radical (unpaired) electrons. The average Bonchev–Trinajstić information content (AvgIpc) is 3.10. The fourth-order valence-electron chi connectivity index (χ4n) is 4.01. The van der Waals surface area contributed by atoms with Crippen molar-refractivity contribution in [3.05, 3.63) is 65.6 Å². The molecule has 0 bridgehead atoms. The normalized spacial score (nSPS) is 16.2. The van der Waals surface area contributed by atoms with Gasteiger partial charge in [-0.1, -0.05) is 29.8 Å². The molecule has 2 N–H and O–H groups in total. The lowest BCUT2D eigenvalue weighted by Gasteiger charge is -2.33. The first-order valence-corrected chi connectivity index (χ1v) is 10.8. The Kier molecular flexibility index (Phi) is 6.21. The molecule has 1 aromatic carbocycles. The van der Waals surface area contributed by atoms with E-state index in [-0.39, 0.29) is 11.8 Å². The molecule has 4 rings (SSSR count). The van der Waals surface area contributed by atoms with Crippen LogP contribution < -0.4 is 15.5 Å². The first-order chi connectivity index (χ1) is 15.0. The molecule has 1 aliphatic rings. The van der Waals surface area contributed by atoms with Crippen LogP contribution in [-0.4, -0.2) is 33.8 Å². The quantitative estimate of drug-likeness (QED) is 0.638. The summed E-state index contributed by atoms with van der Waals surface area (Å²) in [6, 6.07) is 12.3. The summed E-state index contributed by atoms with van der Waals surface area (Å²) in [6.07, 6.45) is 5.67. The summed E-state index contributed by atoms with van der Waals surface area (Å²) in [7, 11) is 1.90. The van der Waals surface area contributed by atoms with Crippen molar-refractivity contribution in [1.29, 1.82) is 0 Å². The predicted molar refractivity (Wildman–Crippen MR) is 123 cm³/mol. The van der Waals surface area contributed by atoms with Crippen LogP contribution in [0, 0.1) is 19.8 Å². The zero-order chi connectivity index (χ0) is 21.8. The minimum Gasteiger partial charge on any atom is -0.371 e. The van der Waals surface area contributed by atoms with Gasteiger partial charge in [0.05, 0.1) is 17.3 Å². The molecule has 2 aromatic heterocycles. The Morgan fingerprint density at radius 1 is 1.19 bits per heavy atom. The highest BCUT2D eigenvalue weighted by atomic mass is 16.1. The first kappa shape index (κ1) is 20.9. The Morgan fingerprint density at radius 3 is 2.74 bits per heavy atom. The van der Waals surface area contributed by atoms with Crippen LogP contribution in [0.2, 0.25) is 0 Å². The standard InChI is InChI=1S/C24H30N6O/c1-17-6-8-19(9-7-17)14-26-24(31)20-5-4-12-30(15-20)21-10-11-25-23(13-21)27-22-16-29(3)28-18(22)2/h6-11,13,16,20H,4-5,12,14-15H2,1-3H3,(H,25,27)(H,26,31). The monoisotopic (exact) mass is 418 g/mol. The van der Waals surface area contributed by atoms with Crippen molar-refractivity contribution >= 4 is 23.1 Å². The number of hydrogen-bond acceptors (Lipinski definition) is 5. The van der Waals surface area contributed by atoms with Crippen LogP contribution in [0.25, 0.3) is 0 Å². The molecule has 1 unspecified atom stereocenters. The lowest BCUT2D eigenvalue weighted by atomic mass is 9.96. The smallest absolute Gasteiger partial charge is 0.225 e. The summed E-state index contributed by atoms with van der Waals surface area (Å²) in [4.78, 5) is 19.5. The van der Waals surface area contributed by atoms with E-state index < -0.39 is 0 Å². The zero-order valence-electron chi connectivity index (χ0n) is 18.4. The molecule has 1 saturated heterocycles.